The second kappa shape index (κ2) is 8.68. The zero-order valence-corrected chi connectivity index (χ0v) is 18.2. The third kappa shape index (κ3) is 5.50. The van der Waals surface area contributed by atoms with E-state index in [0.29, 0.717) is 38.3 Å². The van der Waals surface area contributed by atoms with E-state index in [4.69, 9.17) is 9.47 Å². The van der Waals surface area contributed by atoms with E-state index in [-0.39, 0.29) is 11.8 Å². The number of hydrogen-bond donors (Lipinski definition) is 0. The maximum atomic E-state index is 13.3. The summed E-state index contributed by atoms with van der Waals surface area (Å²) in [6, 6.07) is 5.03. The van der Waals surface area contributed by atoms with Crippen molar-refractivity contribution < 1.29 is 32.2 Å². The largest absolute Gasteiger partial charge is 0.432 e. The number of benzene rings is 1. The molecule has 172 valence electrons. The Bertz CT molecular complexity index is 800. The van der Waals surface area contributed by atoms with Gasteiger partial charge in [-0.1, -0.05) is 13.8 Å². The summed E-state index contributed by atoms with van der Waals surface area (Å²) in [5.74, 6) is -2.18. The number of carbonyl (C=O) groups is 2. The van der Waals surface area contributed by atoms with Gasteiger partial charge in [-0.25, -0.2) is 4.79 Å². The molecule has 1 aromatic carbocycles. The molecule has 0 aliphatic carbocycles. The first-order chi connectivity index (χ1) is 14.4. The van der Waals surface area contributed by atoms with Gasteiger partial charge in [0.05, 0.1) is 11.5 Å². The third-order valence-electron chi connectivity index (χ3n) is 5.55. The van der Waals surface area contributed by atoms with Gasteiger partial charge in [0.15, 0.2) is 6.10 Å². The van der Waals surface area contributed by atoms with Crippen molar-refractivity contribution in [1.29, 1.82) is 0 Å². The molecular weight excluding hydrogens is 413 g/mol. The summed E-state index contributed by atoms with van der Waals surface area (Å²) < 4.78 is 49.3. The predicted molar refractivity (Wildman–Crippen MR) is 108 cm³/mol. The number of ether oxygens (including phenoxy) is 2. The molecule has 2 fully saturated rings. The first kappa shape index (κ1) is 23.4. The van der Waals surface area contributed by atoms with E-state index in [9.17, 15) is 22.8 Å². The van der Waals surface area contributed by atoms with Crippen LogP contribution in [-0.4, -0.2) is 54.8 Å². The molecule has 0 saturated carbocycles. The maximum Gasteiger partial charge on any atom is 0.416 e. The van der Waals surface area contributed by atoms with Gasteiger partial charge >= 0.3 is 12.1 Å². The molecule has 2 saturated heterocycles. The van der Waals surface area contributed by atoms with Crippen LogP contribution < -0.4 is 4.90 Å². The Hall–Kier alpha value is -2.29. The van der Waals surface area contributed by atoms with Crippen LogP contribution in [0.2, 0.25) is 0 Å². The van der Waals surface area contributed by atoms with Crippen molar-refractivity contribution in [3.05, 3.63) is 29.8 Å². The van der Waals surface area contributed by atoms with Crippen LogP contribution in [0.3, 0.4) is 0 Å². The third-order valence-corrected chi connectivity index (χ3v) is 5.55. The summed E-state index contributed by atoms with van der Waals surface area (Å²) in [5, 5.41) is 0. The van der Waals surface area contributed by atoms with Crippen molar-refractivity contribution in [3.63, 3.8) is 0 Å². The zero-order valence-electron chi connectivity index (χ0n) is 18.2. The van der Waals surface area contributed by atoms with Gasteiger partial charge in [0.1, 0.15) is 0 Å². The van der Waals surface area contributed by atoms with Crippen LogP contribution in [0.1, 0.15) is 39.7 Å². The number of piperazine rings is 1. The lowest BCUT2D eigenvalue weighted by Gasteiger charge is -2.38. The fraction of sp³-hybridized carbons (Fsp3) is 0.636. The Morgan fingerprint density at radius 1 is 1.13 bits per heavy atom. The molecule has 31 heavy (non-hydrogen) atoms. The molecule has 1 aromatic rings. The fourth-order valence-electron chi connectivity index (χ4n) is 4.07. The molecule has 2 heterocycles. The molecule has 2 aliphatic heterocycles. The van der Waals surface area contributed by atoms with Crippen molar-refractivity contribution in [2.24, 2.45) is 11.8 Å². The smallest absolute Gasteiger partial charge is 0.416 e. The summed E-state index contributed by atoms with van der Waals surface area (Å²) in [7, 11) is 0. The van der Waals surface area contributed by atoms with Gasteiger partial charge in [0.2, 0.25) is 11.7 Å². The van der Waals surface area contributed by atoms with Gasteiger partial charge in [0.25, 0.3) is 0 Å². The average molecular weight is 442 g/mol. The number of nitrogens with zero attached hydrogens (tertiary/aromatic N) is 2. The van der Waals surface area contributed by atoms with Gasteiger partial charge in [-0.05, 0) is 36.6 Å². The summed E-state index contributed by atoms with van der Waals surface area (Å²) in [6.45, 7) is 9.07. The highest BCUT2D eigenvalue weighted by Gasteiger charge is 2.48. The normalized spacial score (nSPS) is 22.6. The zero-order chi connectivity index (χ0) is 23.0. The topological polar surface area (TPSA) is 59.1 Å². The SMILES string of the molecule is CC(C)C[C@H](C(=O)N1CCN(c2ccc(C(F)(F)F)cc2)CC1)[C@@H]1OC(C)(C)OC1=O. The van der Waals surface area contributed by atoms with E-state index in [0.717, 1.165) is 12.1 Å². The van der Waals surface area contributed by atoms with Crippen LogP contribution in [0.15, 0.2) is 24.3 Å². The molecule has 6 nitrogen and oxygen atoms in total. The minimum atomic E-state index is -4.37. The Kier molecular flexibility index (Phi) is 6.55. The van der Waals surface area contributed by atoms with Crippen LogP contribution in [0, 0.1) is 11.8 Å². The summed E-state index contributed by atoms with van der Waals surface area (Å²) in [5.41, 5.74) is -0.00347. The van der Waals surface area contributed by atoms with Gasteiger partial charge in [0, 0.05) is 45.7 Å². The second-order valence-electron chi connectivity index (χ2n) is 8.95. The quantitative estimate of drug-likeness (QED) is 0.651. The average Bonchev–Trinajstić information content (AvgIpc) is 2.97. The number of esters is 1. The van der Waals surface area contributed by atoms with E-state index in [1.807, 2.05) is 18.7 Å². The lowest BCUT2D eigenvalue weighted by Crippen LogP contribution is -2.52. The van der Waals surface area contributed by atoms with Crippen molar-refractivity contribution >= 4 is 17.6 Å². The summed E-state index contributed by atoms with van der Waals surface area (Å²) in [6.07, 6.45) is -4.81. The monoisotopic (exact) mass is 442 g/mol. The van der Waals surface area contributed by atoms with Crippen LogP contribution >= 0.6 is 0 Å². The number of halogens is 3. The fourth-order valence-corrected chi connectivity index (χ4v) is 4.07. The number of cyclic esters (lactones) is 1. The predicted octanol–water partition coefficient (Wildman–Crippen LogP) is 3.69. The van der Waals surface area contributed by atoms with Crippen LogP contribution in [0.25, 0.3) is 0 Å². The second-order valence-corrected chi connectivity index (χ2v) is 8.95. The Morgan fingerprint density at radius 3 is 2.16 bits per heavy atom. The first-order valence-corrected chi connectivity index (χ1v) is 10.5. The Morgan fingerprint density at radius 2 is 1.71 bits per heavy atom. The standard InChI is InChI=1S/C22H29F3N2O4/c1-14(2)13-17(18-20(29)31-21(3,4)30-18)19(28)27-11-9-26(10-12-27)16-7-5-15(6-8-16)22(23,24)25/h5-8,14,17-18H,9-13H2,1-4H3/t17-,18-/m0/s1. The van der Waals surface area contributed by atoms with Gasteiger partial charge in [-0.2, -0.15) is 13.2 Å². The minimum absolute atomic E-state index is 0.152. The van der Waals surface area contributed by atoms with E-state index >= 15 is 0 Å². The molecular formula is C22H29F3N2O4. The molecule has 0 spiro atoms. The molecule has 3 rings (SSSR count). The van der Waals surface area contributed by atoms with Crippen LogP contribution in [0.4, 0.5) is 18.9 Å². The van der Waals surface area contributed by atoms with E-state index < -0.39 is 35.5 Å². The number of anilines is 1. The maximum absolute atomic E-state index is 13.3. The summed E-state index contributed by atoms with van der Waals surface area (Å²) >= 11 is 0. The van der Waals surface area contributed by atoms with Crippen LogP contribution in [0.5, 0.6) is 0 Å². The lowest BCUT2D eigenvalue weighted by molar-refractivity contribution is -0.163. The molecule has 0 aromatic heterocycles. The molecule has 0 unspecified atom stereocenters. The Labute approximate surface area is 180 Å². The number of amides is 1. The Balaban J connectivity index is 1.65. The highest BCUT2D eigenvalue weighted by atomic mass is 19.4. The molecule has 1 amide bonds. The molecule has 2 aliphatic rings. The number of alkyl halides is 3. The molecule has 9 heteroatoms. The summed E-state index contributed by atoms with van der Waals surface area (Å²) in [4.78, 5) is 29.3. The van der Waals surface area contributed by atoms with Gasteiger partial charge in [-0.3, -0.25) is 4.79 Å². The first-order valence-electron chi connectivity index (χ1n) is 10.5. The highest BCUT2D eigenvalue weighted by Crippen LogP contribution is 2.33. The van der Waals surface area contributed by atoms with Crippen molar-refractivity contribution in [1.82, 2.24) is 4.90 Å². The number of hydrogen-bond acceptors (Lipinski definition) is 5. The minimum Gasteiger partial charge on any atom is -0.432 e. The molecule has 2 atom stereocenters. The number of rotatable bonds is 5. The molecule has 0 N–H and O–H groups in total. The highest BCUT2D eigenvalue weighted by molar-refractivity contribution is 5.88. The van der Waals surface area contributed by atoms with E-state index in [1.54, 1.807) is 18.7 Å². The van der Waals surface area contributed by atoms with Crippen molar-refractivity contribution in [3.8, 4) is 0 Å². The van der Waals surface area contributed by atoms with Gasteiger partial charge in [-0.15, -0.1) is 0 Å². The van der Waals surface area contributed by atoms with Crippen molar-refractivity contribution in [2.45, 2.75) is 52.2 Å². The van der Waals surface area contributed by atoms with E-state index in [2.05, 4.69) is 0 Å². The van der Waals surface area contributed by atoms with Crippen molar-refractivity contribution in [2.75, 3.05) is 31.1 Å². The molecule has 0 radical (unpaired) electrons. The van der Waals surface area contributed by atoms with Crippen LogP contribution in [-0.2, 0) is 25.2 Å². The van der Waals surface area contributed by atoms with Gasteiger partial charge < -0.3 is 19.3 Å². The molecule has 0 bridgehead atoms. The lowest BCUT2D eigenvalue weighted by atomic mass is 9.90. The number of carbonyl (C=O) groups excluding carboxylic acids is 2. The van der Waals surface area contributed by atoms with E-state index in [1.165, 1.54) is 12.1 Å².